The van der Waals surface area contributed by atoms with Crippen molar-refractivity contribution < 1.29 is 23.7 Å². The molecule has 1 fully saturated rings. The van der Waals surface area contributed by atoms with E-state index in [0.717, 1.165) is 30.6 Å². The van der Waals surface area contributed by atoms with Crippen LogP contribution in [-0.2, 0) is 6.42 Å². The van der Waals surface area contributed by atoms with Crippen molar-refractivity contribution in [2.45, 2.75) is 19.3 Å². The molecule has 0 atom stereocenters. The van der Waals surface area contributed by atoms with Crippen molar-refractivity contribution in [2.75, 3.05) is 26.3 Å². The Bertz CT molecular complexity index is 1290. The van der Waals surface area contributed by atoms with Crippen LogP contribution in [0.25, 0.3) is 0 Å². The SMILES string of the molecule is O=C(Oc1ccc(CCOc2ccccn2)cc1)N1CCC(COc2ccc(Oc3ccccn3)cc2)CC1. The van der Waals surface area contributed by atoms with Crippen molar-refractivity contribution in [1.82, 2.24) is 14.9 Å². The van der Waals surface area contributed by atoms with E-state index in [4.69, 9.17) is 18.9 Å². The van der Waals surface area contributed by atoms with Gasteiger partial charge in [-0.1, -0.05) is 24.3 Å². The first kappa shape index (κ1) is 26.0. The van der Waals surface area contributed by atoms with Gasteiger partial charge in [-0.05, 0) is 72.9 Å². The van der Waals surface area contributed by atoms with E-state index in [1.165, 1.54) is 0 Å². The normalized spacial score (nSPS) is 13.5. The summed E-state index contributed by atoms with van der Waals surface area (Å²) in [5.74, 6) is 3.58. The summed E-state index contributed by atoms with van der Waals surface area (Å²) in [6.07, 6.45) is 5.55. The standard InChI is InChI=1S/C31H31N3O5/c35-31(39-28-9-7-24(8-10-28)17-22-36-29-5-1-3-18-32-29)34-20-15-25(16-21-34)23-37-26-11-13-27(14-12-26)38-30-6-2-4-19-33-30/h1-14,18-19,25H,15-17,20-23H2. The second-order valence-corrected chi connectivity index (χ2v) is 9.26. The minimum atomic E-state index is -0.316. The zero-order valence-corrected chi connectivity index (χ0v) is 21.6. The monoisotopic (exact) mass is 525 g/mol. The fourth-order valence-electron chi connectivity index (χ4n) is 4.22. The average molecular weight is 526 g/mol. The lowest BCUT2D eigenvalue weighted by atomic mass is 9.98. The maximum Gasteiger partial charge on any atom is 0.415 e. The van der Waals surface area contributed by atoms with Crippen molar-refractivity contribution in [3.63, 3.8) is 0 Å². The first-order chi connectivity index (χ1) is 19.2. The van der Waals surface area contributed by atoms with Gasteiger partial charge in [-0.25, -0.2) is 14.8 Å². The minimum absolute atomic E-state index is 0.316. The van der Waals surface area contributed by atoms with Crippen LogP contribution in [-0.4, -0.2) is 47.3 Å². The van der Waals surface area contributed by atoms with Crippen LogP contribution in [0, 0.1) is 5.92 Å². The molecule has 0 aliphatic carbocycles. The number of pyridine rings is 2. The predicted molar refractivity (Wildman–Crippen MR) is 146 cm³/mol. The Morgan fingerprint density at radius 3 is 2.05 bits per heavy atom. The van der Waals surface area contributed by atoms with Crippen LogP contribution in [0.2, 0.25) is 0 Å². The number of hydrogen-bond donors (Lipinski definition) is 0. The predicted octanol–water partition coefficient (Wildman–Crippen LogP) is 6.18. The molecule has 2 aromatic carbocycles. The Hall–Kier alpha value is -4.59. The number of amides is 1. The van der Waals surface area contributed by atoms with E-state index >= 15 is 0 Å². The van der Waals surface area contributed by atoms with E-state index in [-0.39, 0.29) is 6.09 Å². The van der Waals surface area contributed by atoms with Crippen molar-refractivity contribution in [3.8, 4) is 29.0 Å². The highest BCUT2D eigenvalue weighted by molar-refractivity contribution is 5.70. The van der Waals surface area contributed by atoms with Crippen molar-refractivity contribution >= 4 is 6.09 Å². The Balaban J connectivity index is 0.995. The van der Waals surface area contributed by atoms with E-state index in [2.05, 4.69) is 9.97 Å². The zero-order chi connectivity index (χ0) is 26.7. The number of nitrogens with zero attached hydrogens (tertiary/aromatic N) is 3. The number of carbonyl (C=O) groups is 1. The molecule has 0 bridgehead atoms. The topological polar surface area (TPSA) is 83.0 Å². The van der Waals surface area contributed by atoms with E-state index in [0.29, 0.717) is 55.5 Å². The van der Waals surface area contributed by atoms with Crippen molar-refractivity contribution in [3.05, 3.63) is 103 Å². The lowest BCUT2D eigenvalue weighted by molar-refractivity contribution is 0.117. The molecule has 0 spiro atoms. The summed E-state index contributed by atoms with van der Waals surface area (Å²) in [5.41, 5.74) is 1.10. The quantitative estimate of drug-likeness (QED) is 0.244. The number of likely N-dealkylation sites (tertiary alicyclic amines) is 1. The Labute approximate surface area is 228 Å². The molecule has 0 unspecified atom stereocenters. The summed E-state index contributed by atoms with van der Waals surface area (Å²) in [4.78, 5) is 22.7. The Kier molecular flexibility index (Phi) is 8.86. The minimum Gasteiger partial charge on any atom is -0.493 e. The average Bonchev–Trinajstić information content (AvgIpc) is 2.99. The highest BCUT2D eigenvalue weighted by Gasteiger charge is 2.24. The molecule has 8 nitrogen and oxygen atoms in total. The van der Waals surface area contributed by atoms with E-state index in [9.17, 15) is 4.79 Å². The van der Waals surface area contributed by atoms with Crippen molar-refractivity contribution in [2.24, 2.45) is 5.92 Å². The van der Waals surface area contributed by atoms with Crippen LogP contribution in [0.1, 0.15) is 18.4 Å². The number of aromatic nitrogens is 2. The maximum absolute atomic E-state index is 12.7. The van der Waals surface area contributed by atoms with Crippen LogP contribution < -0.4 is 18.9 Å². The second kappa shape index (κ2) is 13.3. The van der Waals surface area contributed by atoms with Gasteiger partial charge in [-0.3, -0.25) is 0 Å². The van der Waals surface area contributed by atoms with Gasteiger partial charge in [-0.2, -0.15) is 0 Å². The van der Waals surface area contributed by atoms with Crippen LogP contribution >= 0.6 is 0 Å². The van der Waals surface area contributed by atoms with Crippen LogP contribution in [0.3, 0.4) is 0 Å². The number of benzene rings is 2. The number of piperidine rings is 1. The summed E-state index contributed by atoms with van der Waals surface area (Å²) in [5, 5.41) is 0. The summed E-state index contributed by atoms with van der Waals surface area (Å²) in [6.45, 7) is 2.43. The number of rotatable bonds is 10. The smallest absolute Gasteiger partial charge is 0.415 e. The molecule has 0 N–H and O–H groups in total. The molecule has 1 aliphatic heterocycles. The third-order valence-corrected chi connectivity index (χ3v) is 6.45. The molecule has 5 rings (SSSR count). The molecule has 4 aromatic rings. The molecular formula is C31H31N3O5. The molecule has 0 radical (unpaired) electrons. The summed E-state index contributed by atoms with van der Waals surface area (Å²) < 4.78 is 22.9. The highest BCUT2D eigenvalue weighted by atomic mass is 16.6. The van der Waals surface area contributed by atoms with Crippen LogP contribution in [0.5, 0.6) is 29.0 Å². The van der Waals surface area contributed by atoms with E-state index in [1.807, 2.05) is 84.9 Å². The molecule has 39 heavy (non-hydrogen) atoms. The number of hydrogen-bond acceptors (Lipinski definition) is 7. The Morgan fingerprint density at radius 1 is 0.744 bits per heavy atom. The largest absolute Gasteiger partial charge is 0.493 e. The molecular weight excluding hydrogens is 494 g/mol. The van der Waals surface area contributed by atoms with Gasteiger partial charge in [0.1, 0.15) is 17.2 Å². The maximum atomic E-state index is 12.7. The van der Waals surface area contributed by atoms with Gasteiger partial charge in [0.2, 0.25) is 11.8 Å². The van der Waals surface area contributed by atoms with Gasteiger partial charge in [0.15, 0.2) is 0 Å². The lowest BCUT2D eigenvalue weighted by Crippen LogP contribution is -2.41. The molecule has 2 aromatic heterocycles. The van der Waals surface area contributed by atoms with Crippen LogP contribution in [0.15, 0.2) is 97.3 Å². The van der Waals surface area contributed by atoms with Gasteiger partial charge in [0.25, 0.3) is 0 Å². The summed E-state index contributed by atoms with van der Waals surface area (Å²) >= 11 is 0. The molecule has 8 heteroatoms. The van der Waals surface area contributed by atoms with E-state index in [1.54, 1.807) is 17.3 Å². The molecule has 1 amide bonds. The molecule has 3 heterocycles. The molecule has 200 valence electrons. The zero-order valence-electron chi connectivity index (χ0n) is 21.6. The van der Waals surface area contributed by atoms with Crippen LogP contribution in [0.4, 0.5) is 4.79 Å². The molecule has 1 aliphatic rings. The van der Waals surface area contributed by atoms with Crippen molar-refractivity contribution in [1.29, 1.82) is 0 Å². The van der Waals surface area contributed by atoms with Gasteiger partial charge in [0, 0.05) is 44.0 Å². The van der Waals surface area contributed by atoms with Gasteiger partial charge in [-0.15, -0.1) is 0 Å². The lowest BCUT2D eigenvalue weighted by Gasteiger charge is -2.31. The highest BCUT2D eigenvalue weighted by Crippen LogP contribution is 2.24. The molecule has 0 saturated carbocycles. The third-order valence-electron chi connectivity index (χ3n) is 6.45. The fourth-order valence-corrected chi connectivity index (χ4v) is 4.22. The summed E-state index contributed by atoms with van der Waals surface area (Å²) in [6, 6.07) is 26.2. The van der Waals surface area contributed by atoms with Gasteiger partial charge in [0.05, 0.1) is 13.2 Å². The third kappa shape index (κ3) is 7.95. The van der Waals surface area contributed by atoms with E-state index < -0.39 is 0 Å². The summed E-state index contributed by atoms with van der Waals surface area (Å²) in [7, 11) is 0. The first-order valence-electron chi connectivity index (χ1n) is 13.1. The second-order valence-electron chi connectivity index (χ2n) is 9.26. The first-order valence-corrected chi connectivity index (χ1v) is 13.1. The molecule has 1 saturated heterocycles. The Morgan fingerprint density at radius 2 is 1.38 bits per heavy atom. The fraction of sp³-hybridized carbons (Fsp3) is 0.258. The number of ether oxygens (including phenoxy) is 4. The number of carbonyl (C=O) groups excluding carboxylic acids is 1. The van der Waals surface area contributed by atoms with Gasteiger partial charge < -0.3 is 23.8 Å². The van der Waals surface area contributed by atoms with Gasteiger partial charge >= 0.3 is 6.09 Å².